The normalized spacial score (nSPS) is 10.5. The first-order valence-electron chi connectivity index (χ1n) is 6.86. The van der Waals surface area contributed by atoms with Gasteiger partial charge >= 0.3 is 0 Å². The third-order valence-corrected chi connectivity index (χ3v) is 4.38. The zero-order valence-electron chi connectivity index (χ0n) is 11.9. The second kappa shape index (κ2) is 6.89. The molecule has 0 saturated heterocycles. The Balaban J connectivity index is 1.68. The number of anilines is 1. The molecule has 0 fully saturated rings. The summed E-state index contributed by atoms with van der Waals surface area (Å²) in [7, 11) is 0. The quantitative estimate of drug-likeness (QED) is 0.738. The second-order valence-corrected chi connectivity index (χ2v) is 6.12. The van der Waals surface area contributed by atoms with Crippen LogP contribution >= 0.6 is 22.9 Å². The van der Waals surface area contributed by atoms with Crippen LogP contribution in [-0.2, 0) is 11.2 Å². The Morgan fingerprint density at radius 2 is 1.91 bits per heavy atom. The summed E-state index contributed by atoms with van der Waals surface area (Å²) in [5.41, 5.74) is 2.08. The van der Waals surface area contributed by atoms with Crippen molar-refractivity contribution in [3.63, 3.8) is 0 Å². The molecule has 0 unspecified atom stereocenters. The van der Waals surface area contributed by atoms with Gasteiger partial charge in [0.05, 0.1) is 17.1 Å². The number of hydrogen-bond donors (Lipinski definition) is 1. The highest BCUT2D eigenvalue weighted by Crippen LogP contribution is 2.30. The average molecular weight is 347 g/mol. The molecule has 0 atom stereocenters. The highest BCUT2D eigenvalue weighted by Gasteiger charge is 2.11. The Labute approximate surface area is 141 Å². The summed E-state index contributed by atoms with van der Waals surface area (Å²) in [6.07, 6.45) is 0.151. The predicted octanol–water partition coefficient (Wildman–Crippen LogP) is 4.78. The Morgan fingerprint density at radius 3 is 2.65 bits per heavy atom. The number of hydrogen-bond acceptors (Lipinski definition) is 3. The maximum atomic E-state index is 12.8. The number of rotatable bonds is 4. The molecule has 1 aromatic heterocycles. The minimum Gasteiger partial charge on any atom is -0.326 e. The Morgan fingerprint density at radius 1 is 1.17 bits per heavy atom. The van der Waals surface area contributed by atoms with E-state index in [0.29, 0.717) is 16.4 Å². The first-order chi connectivity index (χ1) is 11.1. The van der Waals surface area contributed by atoms with Crippen LogP contribution in [-0.4, -0.2) is 10.9 Å². The topological polar surface area (TPSA) is 42.0 Å². The van der Waals surface area contributed by atoms with E-state index >= 15 is 0 Å². The molecule has 0 aliphatic rings. The average Bonchev–Trinajstić information content (AvgIpc) is 2.98. The van der Waals surface area contributed by atoms with Crippen LogP contribution in [0.3, 0.4) is 0 Å². The van der Waals surface area contributed by atoms with Crippen LogP contribution in [0.4, 0.5) is 10.1 Å². The number of thiazole rings is 1. The van der Waals surface area contributed by atoms with E-state index in [4.69, 9.17) is 11.6 Å². The summed E-state index contributed by atoms with van der Waals surface area (Å²) < 4.78 is 12.8. The van der Waals surface area contributed by atoms with Gasteiger partial charge in [0.2, 0.25) is 5.91 Å². The van der Waals surface area contributed by atoms with Gasteiger partial charge in [-0.1, -0.05) is 29.8 Å². The van der Waals surface area contributed by atoms with Gasteiger partial charge in [0.1, 0.15) is 10.8 Å². The van der Waals surface area contributed by atoms with Crippen LogP contribution in [0.5, 0.6) is 0 Å². The number of carbonyl (C=O) groups is 1. The Kier molecular flexibility index (Phi) is 4.69. The lowest BCUT2D eigenvalue weighted by Crippen LogP contribution is -2.14. The van der Waals surface area contributed by atoms with E-state index in [1.165, 1.54) is 35.6 Å². The zero-order chi connectivity index (χ0) is 16.2. The fraction of sp³-hybridized carbons (Fsp3) is 0.0588. The van der Waals surface area contributed by atoms with E-state index < -0.39 is 0 Å². The third kappa shape index (κ3) is 3.94. The van der Waals surface area contributed by atoms with Crippen molar-refractivity contribution in [3.8, 4) is 10.6 Å². The number of aromatic nitrogens is 1. The summed E-state index contributed by atoms with van der Waals surface area (Å²) in [5, 5.41) is 5.95. The van der Waals surface area contributed by atoms with E-state index in [0.717, 1.165) is 10.6 Å². The molecule has 1 heterocycles. The van der Waals surface area contributed by atoms with Gasteiger partial charge in [0.15, 0.2) is 0 Å². The highest BCUT2D eigenvalue weighted by molar-refractivity contribution is 7.13. The number of halogens is 2. The lowest BCUT2D eigenvalue weighted by Gasteiger charge is -2.03. The van der Waals surface area contributed by atoms with Crippen LogP contribution in [0.1, 0.15) is 5.69 Å². The molecule has 3 rings (SSSR count). The van der Waals surface area contributed by atoms with E-state index in [1.54, 1.807) is 6.07 Å². The molecule has 2 aromatic carbocycles. The van der Waals surface area contributed by atoms with Crippen molar-refractivity contribution >= 4 is 34.5 Å². The van der Waals surface area contributed by atoms with Gasteiger partial charge in [-0.15, -0.1) is 11.3 Å². The van der Waals surface area contributed by atoms with Gasteiger partial charge < -0.3 is 5.32 Å². The molecular weight excluding hydrogens is 335 g/mol. The molecule has 0 aliphatic carbocycles. The minimum absolute atomic E-state index is 0.151. The summed E-state index contributed by atoms with van der Waals surface area (Å²) in [6, 6.07) is 13.1. The fourth-order valence-electron chi connectivity index (χ4n) is 2.05. The predicted molar refractivity (Wildman–Crippen MR) is 91.3 cm³/mol. The van der Waals surface area contributed by atoms with Gasteiger partial charge in [0, 0.05) is 16.6 Å². The van der Waals surface area contributed by atoms with E-state index in [1.807, 2.05) is 23.6 Å². The largest absolute Gasteiger partial charge is 0.326 e. The zero-order valence-corrected chi connectivity index (χ0v) is 13.5. The number of nitrogens with zero attached hydrogens (tertiary/aromatic N) is 1. The molecule has 6 heteroatoms. The van der Waals surface area contributed by atoms with Gasteiger partial charge in [-0.05, 0) is 30.3 Å². The SMILES string of the molecule is O=C(Cc1csc(-c2ccccc2Cl)n1)Nc1ccc(F)cc1. The van der Waals surface area contributed by atoms with E-state index in [9.17, 15) is 9.18 Å². The minimum atomic E-state index is -0.341. The Bertz CT molecular complexity index is 833. The number of amides is 1. The molecule has 0 radical (unpaired) electrons. The summed E-state index contributed by atoms with van der Waals surface area (Å²) >= 11 is 7.59. The van der Waals surface area contributed by atoms with Crippen molar-refractivity contribution in [2.45, 2.75) is 6.42 Å². The lowest BCUT2D eigenvalue weighted by molar-refractivity contribution is -0.115. The molecule has 3 aromatic rings. The molecule has 0 saturated carbocycles. The maximum Gasteiger partial charge on any atom is 0.230 e. The van der Waals surface area contributed by atoms with Crippen molar-refractivity contribution in [3.05, 3.63) is 70.4 Å². The van der Waals surface area contributed by atoms with Gasteiger partial charge in [-0.2, -0.15) is 0 Å². The van der Waals surface area contributed by atoms with E-state index in [-0.39, 0.29) is 18.1 Å². The van der Waals surface area contributed by atoms with Gasteiger partial charge in [-0.3, -0.25) is 4.79 Å². The third-order valence-electron chi connectivity index (χ3n) is 3.13. The summed E-state index contributed by atoms with van der Waals surface area (Å²) in [5.74, 6) is -0.542. The molecule has 0 aliphatic heterocycles. The monoisotopic (exact) mass is 346 g/mol. The second-order valence-electron chi connectivity index (χ2n) is 4.86. The number of nitrogens with one attached hydrogen (secondary N) is 1. The fourth-order valence-corrected chi connectivity index (χ4v) is 3.19. The van der Waals surface area contributed by atoms with Crippen molar-refractivity contribution in [2.75, 3.05) is 5.32 Å². The molecule has 0 spiro atoms. The van der Waals surface area contributed by atoms with Crippen LogP contribution < -0.4 is 5.32 Å². The molecule has 3 nitrogen and oxygen atoms in total. The lowest BCUT2D eigenvalue weighted by atomic mass is 10.2. The highest BCUT2D eigenvalue weighted by atomic mass is 35.5. The van der Waals surface area contributed by atoms with Crippen molar-refractivity contribution in [2.24, 2.45) is 0 Å². The van der Waals surface area contributed by atoms with Crippen LogP contribution in [0, 0.1) is 5.82 Å². The molecule has 23 heavy (non-hydrogen) atoms. The smallest absolute Gasteiger partial charge is 0.230 e. The number of benzene rings is 2. The summed E-state index contributed by atoms with van der Waals surface area (Å²) in [4.78, 5) is 16.5. The molecule has 0 bridgehead atoms. The van der Waals surface area contributed by atoms with Crippen LogP contribution in [0.15, 0.2) is 53.9 Å². The van der Waals surface area contributed by atoms with Crippen LogP contribution in [0.2, 0.25) is 5.02 Å². The van der Waals surface area contributed by atoms with Crippen molar-refractivity contribution in [1.82, 2.24) is 4.98 Å². The first kappa shape index (κ1) is 15.6. The summed E-state index contributed by atoms with van der Waals surface area (Å²) in [6.45, 7) is 0. The van der Waals surface area contributed by atoms with Gasteiger partial charge in [-0.25, -0.2) is 9.37 Å². The molecule has 116 valence electrons. The molecule has 1 N–H and O–H groups in total. The van der Waals surface area contributed by atoms with Crippen molar-refractivity contribution < 1.29 is 9.18 Å². The molecular formula is C17H12ClFN2OS. The van der Waals surface area contributed by atoms with Crippen molar-refractivity contribution in [1.29, 1.82) is 0 Å². The van der Waals surface area contributed by atoms with Gasteiger partial charge in [0.25, 0.3) is 0 Å². The first-order valence-corrected chi connectivity index (χ1v) is 8.12. The Hall–Kier alpha value is -2.24. The molecule has 1 amide bonds. The van der Waals surface area contributed by atoms with E-state index in [2.05, 4.69) is 10.3 Å². The standard InChI is InChI=1S/C17H12ClFN2OS/c18-15-4-2-1-3-14(15)17-21-13(10-23-17)9-16(22)20-12-7-5-11(19)6-8-12/h1-8,10H,9H2,(H,20,22). The maximum absolute atomic E-state index is 12.8. The number of carbonyl (C=O) groups excluding carboxylic acids is 1. The van der Waals surface area contributed by atoms with Crippen LogP contribution in [0.25, 0.3) is 10.6 Å².